The smallest absolute Gasteiger partial charge is 0.0746 e. The van der Waals surface area contributed by atoms with Crippen molar-refractivity contribution in [1.82, 2.24) is 4.90 Å². The Bertz CT molecular complexity index is 191. The molecule has 0 aromatic heterocycles. The molecule has 1 aliphatic rings. The summed E-state index contributed by atoms with van der Waals surface area (Å²) in [7, 11) is 2.16. The number of nitrogens with zero attached hydrogens (tertiary/aromatic N) is 1. The van der Waals surface area contributed by atoms with Crippen LogP contribution in [0.1, 0.15) is 52.9 Å². The SMILES string of the molecule is CCCCN(C)C1CCCC(C)(C)C1O. The van der Waals surface area contributed by atoms with E-state index in [2.05, 4.69) is 32.7 Å². The average Bonchev–Trinajstić information content (AvgIpc) is 2.18. The van der Waals surface area contributed by atoms with Crippen LogP contribution in [-0.2, 0) is 0 Å². The molecule has 0 aromatic carbocycles. The lowest BCUT2D eigenvalue weighted by Crippen LogP contribution is -2.51. The van der Waals surface area contributed by atoms with Gasteiger partial charge in [0, 0.05) is 6.04 Å². The lowest BCUT2D eigenvalue weighted by atomic mass is 9.72. The molecule has 0 spiro atoms. The van der Waals surface area contributed by atoms with Gasteiger partial charge < -0.3 is 10.0 Å². The number of hydrogen-bond acceptors (Lipinski definition) is 2. The highest BCUT2D eigenvalue weighted by Gasteiger charge is 2.39. The number of unbranched alkanes of at least 4 members (excludes halogenated alkanes) is 1. The van der Waals surface area contributed by atoms with Crippen LogP contribution in [0.5, 0.6) is 0 Å². The minimum atomic E-state index is -0.159. The van der Waals surface area contributed by atoms with E-state index in [-0.39, 0.29) is 11.5 Å². The number of rotatable bonds is 4. The van der Waals surface area contributed by atoms with E-state index in [0.717, 1.165) is 19.4 Å². The van der Waals surface area contributed by atoms with Crippen molar-refractivity contribution in [3.8, 4) is 0 Å². The molecule has 2 nitrogen and oxygen atoms in total. The number of hydrogen-bond donors (Lipinski definition) is 1. The molecule has 0 heterocycles. The van der Waals surface area contributed by atoms with Gasteiger partial charge in [0.2, 0.25) is 0 Å². The Kier molecular flexibility index (Phi) is 4.60. The maximum atomic E-state index is 10.3. The minimum absolute atomic E-state index is 0.101. The summed E-state index contributed by atoms with van der Waals surface area (Å²) >= 11 is 0. The van der Waals surface area contributed by atoms with E-state index in [1.54, 1.807) is 0 Å². The van der Waals surface area contributed by atoms with Crippen LogP contribution in [-0.4, -0.2) is 35.7 Å². The average molecular weight is 213 g/mol. The quantitative estimate of drug-likeness (QED) is 0.776. The summed E-state index contributed by atoms with van der Waals surface area (Å²) in [5.74, 6) is 0. The molecule has 1 rings (SSSR count). The predicted octanol–water partition coefficient (Wildman–Crippen LogP) is 2.66. The highest BCUT2D eigenvalue weighted by atomic mass is 16.3. The van der Waals surface area contributed by atoms with Gasteiger partial charge in [0.05, 0.1) is 6.10 Å². The predicted molar refractivity (Wildman–Crippen MR) is 65.0 cm³/mol. The van der Waals surface area contributed by atoms with Gasteiger partial charge in [-0.2, -0.15) is 0 Å². The van der Waals surface area contributed by atoms with Gasteiger partial charge in [-0.05, 0) is 38.3 Å². The van der Waals surface area contributed by atoms with Crippen molar-refractivity contribution in [2.45, 2.75) is 65.0 Å². The van der Waals surface area contributed by atoms with E-state index < -0.39 is 0 Å². The Labute approximate surface area is 94.7 Å². The minimum Gasteiger partial charge on any atom is -0.391 e. The van der Waals surface area contributed by atoms with Gasteiger partial charge in [-0.15, -0.1) is 0 Å². The van der Waals surface area contributed by atoms with Crippen molar-refractivity contribution in [3.05, 3.63) is 0 Å². The molecule has 15 heavy (non-hydrogen) atoms. The molecule has 2 atom stereocenters. The summed E-state index contributed by atoms with van der Waals surface area (Å²) in [4.78, 5) is 2.36. The number of likely N-dealkylation sites (N-methyl/N-ethyl adjacent to an activating group) is 1. The second kappa shape index (κ2) is 5.31. The Morgan fingerprint density at radius 1 is 1.40 bits per heavy atom. The number of aliphatic hydroxyl groups excluding tert-OH is 1. The molecule has 90 valence electrons. The van der Waals surface area contributed by atoms with Crippen LogP contribution in [0.3, 0.4) is 0 Å². The van der Waals surface area contributed by atoms with Gasteiger partial charge >= 0.3 is 0 Å². The fourth-order valence-corrected chi connectivity index (χ4v) is 2.63. The van der Waals surface area contributed by atoms with Gasteiger partial charge in [0.25, 0.3) is 0 Å². The topological polar surface area (TPSA) is 23.5 Å². The molecule has 1 fully saturated rings. The normalized spacial score (nSPS) is 30.8. The van der Waals surface area contributed by atoms with Crippen molar-refractivity contribution in [2.75, 3.05) is 13.6 Å². The third-order valence-electron chi connectivity index (χ3n) is 3.92. The van der Waals surface area contributed by atoms with Crippen LogP contribution in [0, 0.1) is 5.41 Å². The van der Waals surface area contributed by atoms with Crippen molar-refractivity contribution in [3.63, 3.8) is 0 Å². The molecule has 0 bridgehead atoms. The van der Waals surface area contributed by atoms with Crippen LogP contribution >= 0.6 is 0 Å². The molecule has 0 saturated heterocycles. The van der Waals surface area contributed by atoms with Gasteiger partial charge in [0.1, 0.15) is 0 Å². The molecule has 1 saturated carbocycles. The van der Waals surface area contributed by atoms with E-state index in [1.807, 2.05) is 0 Å². The third kappa shape index (κ3) is 3.18. The third-order valence-corrected chi connectivity index (χ3v) is 3.92. The summed E-state index contributed by atoms with van der Waals surface area (Å²) in [6.45, 7) is 7.72. The molecule has 1 aliphatic carbocycles. The van der Waals surface area contributed by atoms with Crippen LogP contribution in [0.25, 0.3) is 0 Å². The van der Waals surface area contributed by atoms with Crippen molar-refractivity contribution in [2.24, 2.45) is 5.41 Å². The van der Waals surface area contributed by atoms with E-state index in [1.165, 1.54) is 19.3 Å². The maximum absolute atomic E-state index is 10.3. The zero-order chi connectivity index (χ0) is 11.5. The van der Waals surface area contributed by atoms with Gasteiger partial charge in [-0.3, -0.25) is 0 Å². The second-order valence-corrected chi connectivity index (χ2v) is 5.73. The first-order valence-electron chi connectivity index (χ1n) is 6.37. The lowest BCUT2D eigenvalue weighted by molar-refractivity contribution is -0.0504. The standard InChI is InChI=1S/C13H27NO/c1-5-6-10-14(4)11-8-7-9-13(2,3)12(11)15/h11-12,15H,5-10H2,1-4H3. The van der Waals surface area contributed by atoms with Crippen LogP contribution in [0.15, 0.2) is 0 Å². The molecule has 0 amide bonds. The Balaban J connectivity index is 2.53. The fourth-order valence-electron chi connectivity index (χ4n) is 2.63. The zero-order valence-corrected chi connectivity index (χ0v) is 10.8. The van der Waals surface area contributed by atoms with Crippen molar-refractivity contribution >= 4 is 0 Å². The summed E-state index contributed by atoms with van der Waals surface area (Å²) in [6, 6.07) is 0.375. The number of aliphatic hydroxyl groups is 1. The summed E-state index contributed by atoms with van der Waals surface area (Å²) in [6.07, 6.45) is 5.88. The Hall–Kier alpha value is -0.0800. The van der Waals surface area contributed by atoms with Gasteiger partial charge in [-0.1, -0.05) is 33.6 Å². The zero-order valence-electron chi connectivity index (χ0n) is 10.8. The largest absolute Gasteiger partial charge is 0.391 e. The van der Waals surface area contributed by atoms with E-state index in [9.17, 15) is 5.11 Å². The highest BCUT2D eigenvalue weighted by Crippen LogP contribution is 2.37. The highest BCUT2D eigenvalue weighted by molar-refractivity contribution is 4.92. The molecule has 0 aromatic rings. The fraction of sp³-hybridized carbons (Fsp3) is 1.00. The summed E-state index contributed by atoms with van der Waals surface area (Å²) in [5.41, 5.74) is 0.101. The summed E-state index contributed by atoms with van der Waals surface area (Å²) in [5, 5.41) is 10.3. The van der Waals surface area contributed by atoms with Crippen molar-refractivity contribution < 1.29 is 5.11 Å². The van der Waals surface area contributed by atoms with E-state index >= 15 is 0 Å². The molecule has 2 heteroatoms. The first-order valence-corrected chi connectivity index (χ1v) is 6.37. The first-order chi connectivity index (χ1) is 6.99. The molecule has 0 aliphatic heterocycles. The Morgan fingerprint density at radius 3 is 2.67 bits per heavy atom. The van der Waals surface area contributed by atoms with Crippen molar-refractivity contribution in [1.29, 1.82) is 0 Å². The monoisotopic (exact) mass is 213 g/mol. The van der Waals surface area contributed by atoms with Gasteiger partial charge in [-0.25, -0.2) is 0 Å². The summed E-state index contributed by atoms with van der Waals surface area (Å²) < 4.78 is 0. The van der Waals surface area contributed by atoms with Crippen LogP contribution < -0.4 is 0 Å². The molecular weight excluding hydrogens is 186 g/mol. The lowest BCUT2D eigenvalue weighted by Gasteiger charge is -2.44. The van der Waals surface area contributed by atoms with E-state index in [0.29, 0.717) is 6.04 Å². The van der Waals surface area contributed by atoms with Gasteiger partial charge in [0.15, 0.2) is 0 Å². The second-order valence-electron chi connectivity index (χ2n) is 5.73. The van der Waals surface area contributed by atoms with Crippen LogP contribution in [0.4, 0.5) is 0 Å². The molecule has 1 N–H and O–H groups in total. The molecule has 0 radical (unpaired) electrons. The van der Waals surface area contributed by atoms with Crippen LogP contribution in [0.2, 0.25) is 0 Å². The molecule has 2 unspecified atom stereocenters. The maximum Gasteiger partial charge on any atom is 0.0746 e. The Morgan fingerprint density at radius 2 is 2.07 bits per heavy atom. The van der Waals surface area contributed by atoms with E-state index in [4.69, 9.17) is 0 Å². The first kappa shape index (κ1) is 13.0. The molecular formula is C13H27NO.